The number of amides is 3. The Morgan fingerprint density at radius 1 is 0.889 bits per heavy atom. The van der Waals surface area contributed by atoms with Crippen LogP contribution in [0.1, 0.15) is 87.1 Å². The standard InChI is InChI=1S/C29H32N2O5/c1-19-16-23-24(32)18-29(36-25(23)17-20(19)2)11-14-30(15-12-29)26(33)10-4-3-7-13-31-27(34)21-8-5-6-9-22(21)28(31)35/h5-6,8-9,16-17H,3-4,7,10-15,18H2,1-2H3. The number of ether oxygens (including phenoxy) is 1. The minimum atomic E-state index is -0.519. The summed E-state index contributed by atoms with van der Waals surface area (Å²) in [6.07, 6.45) is 4.26. The van der Waals surface area contributed by atoms with Gasteiger partial charge in [-0.05, 0) is 62.1 Å². The Morgan fingerprint density at radius 3 is 2.19 bits per heavy atom. The molecule has 0 N–H and O–H groups in total. The van der Waals surface area contributed by atoms with E-state index >= 15 is 0 Å². The number of carbonyl (C=O) groups is 4. The Morgan fingerprint density at radius 2 is 1.53 bits per heavy atom. The number of ketones is 1. The molecule has 7 heteroatoms. The minimum absolute atomic E-state index is 0.111. The normalized spacial score (nSPS) is 18.3. The monoisotopic (exact) mass is 488 g/mol. The highest BCUT2D eigenvalue weighted by atomic mass is 16.5. The highest BCUT2D eigenvalue weighted by molar-refractivity contribution is 6.21. The van der Waals surface area contributed by atoms with Crippen LogP contribution in [0, 0.1) is 13.8 Å². The molecule has 7 nitrogen and oxygen atoms in total. The summed E-state index contributed by atoms with van der Waals surface area (Å²) in [5.41, 5.74) is 3.29. The molecule has 3 amide bonds. The number of imide groups is 1. The van der Waals surface area contributed by atoms with Gasteiger partial charge in [-0.25, -0.2) is 0 Å². The lowest BCUT2D eigenvalue weighted by Gasteiger charge is -2.44. The number of aryl methyl sites for hydroxylation is 2. The van der Waals surface area contributed by atoms with Gasteiger partial charge in [0.05, 0.1) is 23.1 Å². The first-order valence-corrected chi connectivity index (χ1v) is 12.8. The van der Waals surface area contributed by atoms with Crippen molar-refractivity contribution in [3.8, 4) is 5.75 Å². The molecule has 0 unspecified atom stereocenters. The molecule has 2 aromatic rings. The quantitative estimate of drug-likeness (QED) is 0.442. The van der Waals surface area contributed by atoms with Gasteiger partial charge in [0.1, 0.15) is 11.4 Å². The number of carbonyl (C=O) groups excluding carboxylic acids is 4. The molecule has 0 aromatic heterocycles. The topological polar surface area (TPSA) is 84.0 Å². The largest absolute Gasteiger partial charge is 0.486 e. The van der Waals surface area contributed by atoms with Crippen LogP contribution in [0.25, 0.3) is 0 Å². The number of nitrogens with zero attached hydrogens (tertiary/aromatic N) is 2. The fraction of sp³-hybridized carbons (Fsp3) is 0.448. The number of Topliss-reactive ketones (excluding diaryl/α,β-unsaturated/α-hetero) is 1. The highest BCUT2D eigenvalue weighted by Crippen LogP contribution is 2.40. The van der Waals surface area contributed by atoms with Gasteiger partial charge in [0.15, 0.2) is 5.78 Å². The number of unbranched alkanes of at least 4 members (excludes halogenated alkanes) is 2. The van der Waals surface area contributed by atoms with Crippen LogP contribution in [-0.4, -0.2) is 58.5 Å². The average Bonchev–Trinajstić information content (AvgIpc) is 3.10. The summed E-state index contributed by atoms with van der Waals surface area (Å²) < 4.78 is 6.38. The molecule has 1 fully saturated rings. The fourth-order valence-electron chi connectivity index (χ4n) is 5.51. The smallest absolute Gasteiger partial charge is 0.261 e. The van der Waals surface area contributed by atoms with E-state index in [-0.39, 0.29) is 23.5 Å². The van der Waals surface area contributed by atoms with Gasteiger partial charge in [-0.3, -0.25) is 24.1 Å². The lowest BCUT2D eigenvalue weighted by molar-refractivity contribution is -0.134. The number of fused-ring (bicyclic) bond motifs is 2. The van der Waals surface area contributed by atoms with Gasteiger partial charge in [-0.15, -0.1) is 0 Å². The number of likely N-dealkylation sites (tertiary alicyclic amines) is 1. The molecule has 3 aliphatic rings. The lowest BCUT2D eigenvalue weighted by Crippen LogP contribution is -2.52. The lowest BCUT2D eigenvalue weighted by atomic mass is 9.82. The highest BCUT2D eigenvalue weighted by Gasteiger charge is 2.43. The summed E-state index contributed by atoms with van der Waals surface area (Å²) in [5.74, 6) is 0.444. The maximum Gasteiger partial charge on any atom is 0.261 e. The molecule has 0 aliphatic carbocycles. The van der Waals surface area contributed by atoms with E-state index in [1.165, 1.54) is 4.90 Å². The Balaban J connectivity index is 1.06. The van der Waals surface area contributed by atoms with E-state index in [9.17, 15) is 19.2 Å². The molecule has 0 atom stereocenters. The van der Waals surface area contributed by atoms with Crippen LogP contribution in [0.15, 0.2) is 36.4 Å². The molecule has 5 rings (SSSR count). The summed E-state index contributed by atoms with van der Waals surface area (Å²) in [4.78, 5) is 53.7. The fourth-order valence-corrected chi connectivity index (χ4v) is 5.51. The van der Waals surface area contributed by atoms with Crippen LogP contribution >= 0.6 is 0 Å². The summed E-state index contributed by atoms with van der Waals surface area (Å²) >= 11 is 0. The molecular formula is C29H32N2O5. The van der Waals surface area contributed by atoms with E-state index in [2.05, 4.69) is 0 Å². The van der Waals surface area contributed by atoms with Crippen LogP contribution in [0.2, 0.25) is 0 Å². The Kier molecular flexibility index (Phi) is 6.41. The molecule has 1 saturated heterocycles. The number of hydrogen-bond acceptors (Lipinski definition) is 5. The van der Waals surface area contributed by atoms with Gasteiger partial charge in [-0.1, -0.05) is 18.6 Å². The van der Waals surface area contributed by atoms with Gasteiger partial charge in [0, 0.05) is 38.9 Å². The van der Waals surface area contributed by atoms with Crippen molar-refractivity contribution in [1.29, 1.82) is 0 Å². The first-order valence-electron chi connectivity index (χ1n) is 12.8. The summed E-state index contributed by atoms with van der Waals surface area (Å²) in [5, 5.41) is 0. The van der Waals surface area contributed by atoms with Crippen LogP contribution < -0.4 is 4.74 Å². The maximum atomic E-state index is 12.8. The molecule has 3 heterocycles. The Labute approximate surface area is 211 Å². The van der Waals surface area contributed by atoms with Gasteiger partial charge in [0.2, 0.25) is 5.91 Å². The third-order valence-corrected chi connectivity index (χ3v) is 7.88. The molecule has 3 aliphatic heterocycles. The Bertz CT molecular complexity index is 1210. The predicted octanol–water partition coefficient (Wildman–Crippen LogP) is 4.49. The van der Waals surface area contributed by atoms with E-state index in [4.69, 9.17) is 4.74 Å². The van der Waals surface area contributed by atoms with Crippen molar-refractivity contribution in [2.45, 2.75) is 64.4 Å². The third-order valence-electron chi connectivity index (χ3n) is 7.88. The van der Waals surface area contributed by atoms with Gasteiger partial charge >= 0.3 is 0 Å². The Hall–Kier alpha value is -3.48. The third kappa shape index (κ3) is 4.43. The number of benzene rings is 2. The van der Waals surface area contributed by atoms with E-state index in [0.29, 0.717) is 80.6 Å². The van der Waals surface area contributed by atoms with Crippen molar-refractivity contribution in [1.82, 2.24) is 9.80 Å². The van der Waals surface area contributed by atoms with Crippen molar-refractivity contribution >= 4 is 23.5 Å². The van der Waals surface area contributed by atoms with Crippen molar-refractivity contribution in [2.75, 3.05) is 19.6 Å². The van der Waals surface area contributed by atoms with E-state index < -0.39 is 5.60 Å². The van der Waals surface area contributed by atoms with Crippen molar-refractivity contribution in [3.05, 3.63) is 64.2 Å². The van der Waals surface area contributed by atoms with Gasteiger partial charge < -0.3 is 9.64 Å². The van der Waals surface area contributed by atoms with Gasteiger partial charge in [-0.2, -0.15) is 0 Å². The number of rotatable bonds is 6. The van der Waals surface area contributed by atoms with E-state index in [0.717, 1.165) is 17.5 Å². The molecule has 0 saturated carbocycles. The minimum Gasteiger partial charge on any atom is -0.486 e. The average molecular weight is 489 g/mol. The van der Waals surface area contributed by atoms with E-state index in [1.807, 2.05) is 30.9 Å². The van der Waals surface area contributed by atoms with Crippen molar-refractivity contribution < 1.29 is 23.9 Å². The van der Waals surface area contributed by atoms with Crippen molar-refractivity contribution in [3.63, 3.8) is 0 Å². The molecule has 0 radical (unpaired) electrons. The molecule has 36 heavy (non-hydrogen) atoms. The summed E-state index contributed by atoms with van der Waals surface area (Å²) in [6, 6.07) is 10.8. The zero-order valence-corrected chi connectivity index (χ0v) is 21.0. The van der Waals surface area contributed by atoms with Crippen LogP contribution in [0.3, 0.4) is 0 Å². The zero-order valence-electron chi connectivity index (χ0n) is 21.0. The van der Waals surface area contributed by atoms with E-state index in [1.54, 1.807) is 24.3 Å². The van der Waals surface area contributed by atoms with Crippen molar-refractivity contribution in [2.24, 2.45) is 0 Å². The maximum absolute atomic E-state index is 12.8. The second-order valence-corrected chi connectivity index (χ2v) is 10.3. The predicted molar refractivity (Wildman–Crippen MR) is 134 cm³/mol. The molecule has 2 aromatic carbocycles. The first-order chi connectivity index (χ1) is 17.3. The SMILES string of the molecule is Cc1cc2c(cc1C)C(=O)CC1(CCN(C(=O)CCCCCN3C(=O)c4ccccc4C3=O)CC1)O2. The molecule has 0 bridgehead atoms. The number of piperidine rings is 1. The second-order valence-electron chi connectivity index (χ2n) is 10.3. The number of hydrogen-bond donors (Lipinski definition) is 0. The molecule has 1 spiro atoms. The second kappa shape index (κ2) is 9.52. The van der Waals surface area contributed by atoms with Crippen LogP contribution in [-0.2, 0) is 4.79 Å². The first kappa shape index (κ1) is 24.2. The van der Waals surface area contributed by atoms with Crippen LogP contribution in [0.5, 0.6) is 5.75 Å². The van der Waals surface area contributed by atoms with Gasteiger partial charge in [0.25, 0.3) is 11.8 Å². The summed E-state index contributed by atoms with van der Waals surface area (Å²) in [6.45, 7) is 5.56. The molecule has 188 valence electrons. The molecular weight excluding hydrogens is 456 g/mol. The zero-order chi connectivity index (χ0) is 25.4. The van der Waals surface area contributed by atoms with Crippen LogP contribution in [0.4, 0.5) is 0 Å². The summed E-state index contributed by atoms with van der Waals surface area (Å²) in [7, 11) is 0.